The van der Waals surface area contributed by atoms with Gasteiger partial charge in [0.25, 0.3) is 0 Å². The number of allylic oxidation sites excluding steroid dienone is 1. The van der Waals surface area contributed by atoms with E-state index < -0.39 is 0 Å². The first kappa shape index (κ1) is 22.6. The Labute approximate surface area is 185 Å². The second-order valence-electron chi connectivity index (χ2n) is 12.6. The van der Waals surface area contributed by atoms with Crippen LogP contribution in [0.5, 0.6) is 0 Å². The van der Waals surface area contributed by atoms with Gasteiger partial charge < -0.3 is 5.11 Å². The van der Waals surface area contributed by atoms with Gasteiger partial charge in [0.05, 0.1) is 6.10 Å². The summed E-state index contributed by atoms with van der Waals surface area (Å²) in [6, 6.07) is 0. The molecule has 4 aliphatic rings. The van der Waals surface area contributed by atoms with Crippen LogP contribution in [0.1, 0.15) is 99.3 Å². The van der Waals surface area contributed by atoms with E-state index in [4.69, 9.17) is 0 Å². The van der Waals surface area contributed by atoms with Crippen LogP contribution in [-0.4, -0.2) is 17.0 Å². The quantitative estimate of drug-likeness (QED) is 0.536. The molecule has 2 nitrogen and oxygen atoms in total. The maximum Gasteiger partial charge on any atom is 0.155 e. The molecule has 3 fully saturated rings. The van der Waals surface area contributed by atoms with Crippen LogP contribution >= 0.6 is 0 Å². The lowest BCUT2D eigenvalue weighted by Gasteiger charge is -2.58. The molecule has 0 aromatic rings. The summed E-state index contributed by atoms with van der Waals surface area (Å²) in [5, 5.41) is 11.1. The highest BCUT2D eigenvalue weighted by Crippen LogP contribution is 2.67. The van der Waals surface area contributed by atoms with Crippen LogP contribution in [0.2, 0.25) is 0 Å². The van der Waals surface area contributed by atoms with Crippen LogP contribution in [-0.2, 0) is 4.79 Å². The molecule has 170 valence electrons. The van der Waals surface area contributed by atoms with Crippen molar-refractivity contribution < 1.29 is 9.90 Å². The molecule has 0 radical (unpaired) electrons. The Bertz CT molecular complexity index is 693. The fourth-order valence-corrected chi connectivity index (χ4v) is 8.60. The molecule has 1 unspecified atom stereocenters. The highest BCUT2D eigenvalue weighted by Gasteiger charge is 2.59. The lowest BCUT2D eigenvalue weighted by atomic mass is 9.46. The predicted molar refractivity (Wildman–Crippen MR) is 124 cm³/mol. The van der Waals surface area contributed by atoms with Crippen LogP contribution in [0.25, 0.3) is 0 Å². The number of carbonyl (C=O) groups excluding carboxylic acids is 1. The summed E-state index contributed by atoms with van der Waals surface area (Å²) in [5.41, 5.74) is 2.14. The Morgan fingerprint density at radius 3 is 2.43 bits per heavy atom. The minimum absolute atomic E-state index is 0.163. The maximum absolute atomic E-state index is 12.1. The molecule has 3 saturated carbocycles. The van der Waals surface area contributed by atoms with Crippen LogP contribution < -0.4 is 0 Å². The summed E-state index contributed by atoms with van der Waals surface area (Å²) in [7, 11) is 0. The van der Waals surface area contributed by atoms with Gasteiger partial charge in [-0.2, -0.15) is 0 Å². The van der Waals surface area contributed by atoms with Gasteiger partial charge in [0.1, 0.15) is 0 Å². The zero-order chi connectivity index (χ0) is 21.8. The number of rotatable bonds is 5. The van der Waals surface area contributed by atoms with Gasteiger partial charge in [-0.3, -0.25) is 4.79 Å². The Balaban J connectivity index is 1.51. The standard InChI is InChI=1S/C28H46O2/c1-17(2)18(3)15-26(30)19(4)23-9-10-24-22-8-7-20-16-21(29)11-13-27(20,5)25(22)12-14-28(23,24)6/h16-19,22-26,30H,7-15H2,1-6H3/t18-,19+,22+,23-,24?,25+,26+,27+,28-/m1/s1. The van der Waals surface area contributed by atoms with E-state index in [0.717, 1.165) is 43.4 Å². The third-order valence-corrected chi connectivity index (χ3v) is 11.0. The fourth-order valence-electron chi connectivity index (χ4n) is 8.60. The van der Waals surface area contributed by atoms with Gasteiger partial charge >= 0.3 is 0 Å². The Kier molecular flexibility index (Phi) is 6.06. The minimum atomic E-state index is -0.163. The molecule has 0 saturated heterocycles. The van der Waals surface area contributed by atoms with Crippen molar-refractivity contribution in [3.63, 3.8) is 0 Å². The zero-order valence-electron chi connectivity index (χ0n) is 20.4. The normalized spacial score (nSPS) is 44.0. The summed E-state index contributed by atoms with van der Waals surface area (Å²) in [5.74, 6) is 5.06. The first-order valence-corrected chi connectivity index (χ1v) is 13.0. The van der Waals surface area contributed by atoms with E-state index in [0.29, 0.717) is 34.9 Å². The van der Waals surface area contributed by atoms with Crippen LogP contribution in [0.3, 0.4) is 0 Å². The van der Waals surface area contributed by atoms with Gasteiger partial charge in [-0.05, 0) is 110 Å². The second kappa shape index (κ2) is 8.05. The van der Waals surface area contributed by atoms with E-state index in [1.54, 1.807) is 0 Å². The molecule has 0 spiro atoms. The number of aliphatic hydroxyl groups is 1. The SMILES string of the molecule is CC(C)[C@H](C)C[C@H](O)[C@@H](C)[C@H]1CCC2[C@@H]3CCC4=CC(=O)CC[C@]4(C)[C@H]3CC[C@@]21C. The summed E-state index contributed by atoms with van der Waals surface area (Å²) in [6.07, 6.45) is 12.4. The number of hydrogen-bond donors (Lipinski definition) is 1. The molecule has 0 aliphatic heterocycles. The summed E-state index contributed by atoms with van der Waals surface area (Å²) >= 11 is 0. The predicted octanol–water partition coefficient (Wildman–Crippen LogP) is 6.81. The molecule has 0 heterocycles. The topological polar surface area (TPSA) is 37.3 Å². The Hall–Kier alpha value is -0.630. The van der Waals surface area contributed by atoms with Crippen molar-refractivity contribution in [1.29, 1.82) is 0 Å². The van der Waals surface area contributed by atoms with E-state index in [1.807, 2.05) is 6.08 Å². The van der Waals surface area contributed by atoms with Crippen molar-refractivity contribution in [1.82, 2.24) is 0 Å². The highest BCUT2D eigenvalue weighted by atomic mass is 16.3. The number of hydrogen-bond acceptors (Lipinski definition) is 2. The zero-order valence-corrected chi connectivity index (χ0v) is 20.4. The molecule has 2 heteroatoms. The van der Waals surface area contributed by atoms with Gasteiger partial charge in [0, 0.05) is 6.42 Å². The number of ketones is 1. The van der Waals surface area contributed by atoms with Gasteiger partial charge in [0.15, 0.2) is 5.78 Å². The number of carbonyl (C=O) groups is 1. The highest BCUT2D eigenvalue weighted by molar-refractivity contribution is 5.91. The average Bonchev–Trinajstić information content (AvgIpc) is 3.04. The molecule has 4 rings (SSSR count). The molecular formula is C28H46O2. The molecule has 0 amide bonds. The van der Waals surface area contributed by atoms with Crippen LogP contribution in [0.4, 0.5) is 0 Å². The largest absolute Gasteiger partial charge is 0.393 e. The van der Waals surface area contributed by atoms with Gasteiger partial charge in [-0.25, -0.2) is 0 Å². The van der Waals surface area contributed by atoms with E-state index in [2.05, 4.69) is 41.5 Å². The van der Waals surface area contributed by atoms with Crippen molar-refractivity contribution in [2.75, 3.05) is 0 Å². The molecular weight excluding hydrogens is 368 g/mol. The number of fused-ring (bicyclic) bond motifs is 5. The molecule has 0 aromatic carbocycles. The average molecular weight is 415 g/mol. The molecule has 30 heavy (non-hydrogen) atoms. The first-order chi connectivity index (χ1) is 14.1. The van der Waals surface area contributed by atoms with Gasteiger partial charge in [-0.1, -0.05) is 47.1 Å². The number of aliphatic hydroxyl groups excluding tert-OH is 1. The molecule has 4 aliphatic carbocycles. The molecule has 9 atom stereocenters. The smallest absolute Gasteiger partial charge is 0.155 e. The Morgan fingerprint density at radius 2 is 1.73 bits per heavy atom. The molecule has 0 aromatic heterocycles. The lowest BCUT2D eigenvalue weighted by Crippen LogP contribution is -2.51. The maximum atomic E-state index is 12.1. The van der Waals surface area contributed by atoms with E-state index in [1.165, 1.54) is 37.7 Å². The van der Waals surface area contributed by atoms with Crippen molar-refractivity contribution >= 4 is 5.78 Å². The van der Waals surface area contributed by atoms with Crippen molar-refractivity contribution in [3.8, 4) is 0 Å². The van der Waals surface area contributed by atoms with Gasteiger partial charge in [-0.15, -0.1) is 0 Å². The van der Waals surface area contributed by atoms with Crippen LogP contribution in [0.15, 0.2) is 11.6 Å². The molecule has 1 N–H and O–H groups in total. The van der Waals surface area contributed by atoms with E-state index in [-0.39, 0.29) is 11.5 Å². The molecule has 0 bridgehead atoms. The van der Waals surface area contributed by atoms with Crippen LogP contribution in [0, 0.1) is 52.3 Å². The van der Waals surface area contributed by atoms with E-state index in [9.17, 15) is 9.90 Å². The first-order valence-electron chi connectivity index (χ1n) is 13.0. The summed E-state index contributed by atoms with van der Waals surface area (Å²) < 4.78 is 0. The minimum Gasteiger partial charge on any atom is -0.393 e. The lowest BCUT2D eigenvalue weighted by molar-refractivity contribution is -0.117. The van der Waals surface area contributed by atoms with Gasteiger partial charge in [0.2, 0.25) is 0 Å². The third-order valence-electron chi connectivity index (χ3n) is 11.0. The monoisotopic (exact) mass is 414 g/mol. The fraction of sp³-hybridized carbons (Fsp3) is 0.893. The summed E-state index contributed by atoms with van der Waals surface area (Å²) in [6.45, 7) is 14.3. The van der Waals surface area contributed by atoms with Crippen molar-refractivity contribution in [2.24, 2.45) is 52.3 Å². The third kappa shape index (κ3) is 3.54. The Morgan fingerprint density at radius 1 is 1.00 bits per heavy atom. The van der Waals surface area contributed by atoms with E-state index >= 15 is 0 Å². The second-order valence-corrected chi connectivity index (χ2v) is 12.6. The van der Waals surface area contributed by atoms with Crippen molar-refractivity contribution in [2.45, 2.75) is 105 Å². The summed E-state index contributed by atoms with van der Waals surface area (Å²) in [4.78, 5) is 12.1. The van der Waals surface area contributed by atoms with Crippen molar-refractivity contribution in [3.05, 3.63) is 11.6 Å².